The Hall–Kier alpha value is -3.59. The molecule has 2 N–H and O–H groups in total. The number of benzene rings is 1. The summed E-state index contributed by atoms with van der Waals surface area (Å²) in [5, 5.41) is 11.8. The zero-order valence-corrected chi connectivity index (χ0v) is 15.0. The van der Waals surface area contributed by atoms with Gasteiger partial charge >= 0.3 is 0 Å². The average molecular weight is 378 g/mol. The number of methoxy groups -OCH3 is 1. The van der Waals surface area contributed by atoms with Crippen molar-refractivity contribution >= 4 is 23.2 Å². The van der Waals surface area contributed by atoms with Crippen LogP contribution in [0.15, 0.2) is 54.0 Å². The van der Waals surface area contributed by atoms with Crippen LogP contribution in [0.25, 0.3) is 22.1 Å². The number of aromatic amines is 1. The van der Waals surface area contributed by atoms with E-state index in [-0.39, 0.29) is 11.9 Å². The van der Waals surface area contributed by atoms with Gasteiger partial charge < -0.3 is 4.74 Å². The van der Waals surface area contributed by atoms with Crippen LogP contribution in [0.1, 0.15) is 10.5 Å². The lowest BCUT2D eigenvalue weighted by Gasteiger charge is -2.00. The Morgan fingerprint density at radius 3 is 2.74 bits per heavy atom. The van der Waals surface area contributed by atoms with Crippen molar-refractivity contribution in [1.29, 1.82) is 0 Å². The van der Waals surface area contributed by atoms with Gasteiger partial charge in [0.2, 0.25) is 5.95 Å². The average Bonchev–Trinajstić information content (AvgIpc) is 3.39. The summed E-state index contributed by atoms with van der Waals surface area (Å²) in [6.07, 6.45) is 1.66. The van der Waals surface area contributed by atoms with Gasteiger partial charge in [-0.25, -0.2) is 4.98 Å². The molecule has 0 saturated carbocycles. The third kappa shape index (κ3) is 3.67. The molecule has 0 saturated heterocycles. The van der Waals surface area contributed by atoms with Crippen LogP contribution in [0.4, 0.5) is 5.95 Å². The summed E-state index contributed by atoms with van der Waals surface area (Å²) in [6, 6.07) is 13.0. The minimum Gasteiger partial charge on any atom is -0.497 e. The lowest BCUT2D eigenvalue weighted by Crippen LogP contribution is -2.13. The Morgan fingerprint density at radius 1 is 1.15 bits per heavy atom. The van der Waals surface area contributed by atoms with Gasteiger partial charge in [0, 0.05) is 17.1 Å². The first-order valence-corrected chi connectivity index (χ1v) is 8.86. The molecule has 3 aromatic heterocycles. The Bertz CT molecular complexity index is 1060. The van der Waals surface area contributed by atoms with Gasteiger partial charge in [-0.3, -0.25) is 20.2 Å². The minimum atomic E-state index is -0.377. The fourth-order valence-electron chi connectivity index (χ4n) is 2.34. The Kier molecular flexibility index (Phi) is 4.58. The van der Waals surface area contributed by atoms with Crippen LogP contribution in [0.5, 0.6) is 5.75 Å². The molecule has 134 valence electrons. The summed E-state index contributed by atoms with van der Waals surface area (Å²) in [4.78, 5) is 25.2. The highest BCUT2D eigenvalue weighted by Gasteiger charge is 2.15. The molecule has 0 aliphatic heterocycles. The van der Waals surface area contributed by atoms with E-state index in [4.69, 9.17) is 4.74 Å². The van der Waals surface area contributed by atoms with E-state index in [1.54, 1.807) is 24.8 Å². The number of carbonyl (C=O) groups is 1. The highest BCUT2D eigenvalue weighted by Crippen LogP contribution is 2.26. The molecular weight excluding hydrogens is 364 g/mol. The van der Waals surface area contributed by atoms with Gasteiger partial charge in [-0.05, 0) is 36.4 Å². The summed E-state index contributed by atoms with van der Waals surface area (Å²) in [6.45, 7) is 0. The zero-order valence-electron chi connectivity index (χ0n) is 14.2. The second-order valence-electron chi connectivity index (χ2n) is 5.44. The molecule has 1 aromatic carbocycles. The molecule has 0 bridgehead atoms. The SMILES string of the molecule is COc1ccc(-c2nc(C(=O)Nc3n[nH]c(-c4ccccn4)n3)cs2)cc1. The van der Waals surface area contributed by atoms with Gasteiger partial charge in [0.05, 0.1) is 7.11 Å². The molecule has 27 heavy (non-hydrogen) atoms. The van der Waals surface area contributed by atoms with E-state index in [9.17, 15) is 4.79 Å². The van der Waals surface area contributed by atoms with Gasteiger partial charge in [-0.1, -0.05) is 6.07 Å². The number of carbonyl (C=O) groups excluding carboxylic acids is 1. The molecule has 0 atom stereocenters. The largest absolute Gasteiger partial charge is 0.497 e. The van der Waals surface area contributed by atoms with Crippen LogP contribution in [0, 0.1) is 0 Å². The van der Waals surface area contributed by atoms with Gasteiger partial charge in [0.25, 0.3) is 5.91 Å². The molecule has 0 aliphatic carbocycles. The van der Waals surface area contributed by atoms with Crippen LogP contribution >= 0.6 is 11.3 Å². The summed E-state index contributed by atoms with van der Waals surface area (Å²) in [7, 11) is 1.61. The number of nitrogens with one attached hydrogen (secondary N) is 2. The highest BCUT2D eigenvalue weighted by molar-refractivity contribution is 7.13. The Morgan fingerprint density at radius 2 is 2.00 bits per heavy atom. The van der Waals surface area contributed by atoms with Crippen LogP contribution < -0.4 is 10.1 Å². The van der Waals surface area contributed by atoms with Gasteiger partial charge in [0.15, 0.2) is 5.82 Å². The molecule has 8 nitrogen and oxygen atoms in total. The van der Waals surface area contributed by atoms with Crippen molar-refractivity contribution < 1.29 is 9.53 Å². The second-order valence-corrected chi connectivity index (χ2v) is 6.30. The predicted molar refractivity (Wildman–Crippen MR) is 102 cm³/mol. The standard InChI is InChI=1S/C18H14N6O2S/c1-26-12-7-5-11(6-8-12)17-20-14(10-27-17)16(25)22-18-21-15(23-24-18)13-4-2-3-9-19-13/h2-10H,1H3,(H2,21,22,23,24,25). The molecule has 3 heterocycles. The highest BCUT2D eigenvalue weighted by atomic mass is 32.1. The van der Waals surface area contributed by atoms with E-state index in [0.717, 1.165) is 16.3 Å². The van der Waals surface area contributed by atoms with E-state index >= 15 is 0 Å². The van der Waals surface area contributed by atoms with Crippen LogP contribution in [0.2, 0.25) is 0 Å². The topological polar surface area (TPSA) is 106 Å². The van der Waals surface area contributed by atoms with Gasteiger partial charge in [-0.15, -0.1) is 16.4 Å². The molecule has 4 rings (SSSR count). The number of nitrogens with zero attached hydrogens (tertiary/aromatic N) is 4. The minimum absolute atomic E-state index is 0.166. The van der Waals surface area contributed by atoms with Gasteiger partial charge in [0.1, 0.15) is 22.1 Å². The molecule has 9 heteroatoms. The number of hydrogen-bond acceptors (Lipinski definition) is 7. The van der Waals surface area contributed by atoms with Crippen molar-refractivity contribution in [1.82, 2.24) is 25.1 Å². The monoisotopic (exact) mass is 378 g/mol. The van der Waals surface area contributed by atoms with Crippen molar-refractivity contribution in [3.05, 3.63) is 59.7 Å². The number of rotatable bonds is 5. The number of amides is 1. The van der Waals surface area contributed by atoms with Crippen molar-refractivity contribution in [3.8, 4) is 27.8 Å². The van der Waals surface area contributed by atoms with Crippen molar-refractivity contribution in [3.63, 3.8) is 0 Å². The normalized spacial score (nSPS) is 10.6. The number of H-pyrrole nitrogens is 1. The fraction of sp³-hybridized carbons (Fsp3) is 0.0556. The van der Waals surface area contributed by atoms with Crippen LogP contribution in [-0.2, 0) is 0 Å². The lowest BCUT2D eigenvalue weighted by atomic mass is 10.2. The summed E-state index contributed by atoms with van der Waals surface area (Å²) in [5.74, 6) is 1.03. The molecule has 0 fully saturated rings. The number of hydrogen-bond donors (Lipinski definition) is 2. The number of pyridine rings is 1. The number of aromatic nitrogens is 5. The number of thiazole rings is 1. The third-order valence-electron chi connectivity index (χ3n) is 3.69. The fourth-order valence-corrected chi connectivity index (χ4v) is 3.15. The molecule has 1 amide bonds. The van der Waals surface area contributed by atoms with E-state index in [0.29, 0.717) is 17.2 Å². The second kappa shape index (κ2) is 7.34. The van der Waals surface area contributed by atoms with Crippen molar-refractivity contribution in [2.45, 2.75) is 0 Å². The third-order valence-corrected chi connectivity index (χ3v) is 4.58. The lowest BCUT2D eigenvalue weighted by molar-refractivity contribution is 0.102. The maximum atomic E-state index is 12.4. The summed E-state index contributed by atoms with van der Waals surface area (Å²) in [5.41, 5.74) is 1.85. The molecule has 0 radical (unpaired) electrons. The van der Waals surface area contributed by atoms with Crippen molar-refractivity contribution in [2.75, 3.05) is 12.4 Å². The molecule has 0 unspecified atom stereocenters. The summed E-state index contributed by atoms with van der Waals surface area (Å²) < 4.78 is 5.15. The first kappa shape index (κ1) is 16.9. The van der Waals surface area contributed by atoms with E-state index < -0.39 is 0 Å². The first-order chi connectivity index (χ1) is 13.2. The van der Waals surface area contributed by atoms with Crippen LogP contribution in [-0.4, -0.2) is 38.2 Å². The molecular formula is C18H14N6O2S. The quantitative estimate of drug-likeness (QED) is 0.552. The predicted octanol–water partition coefficient (Wildman–Crippen LogP) is 3.25. The molecule has 0 spiro atoms. The van der Waals surface area contributed by atoms with E-state index in [2.05, 4.69) is 30.5 Å². The Labute approximate surface area is 158 Å². The molecule has 4 aromatic rings. The van der Waals surface area contributed by atoms with Crippen LogP contribution in [0.3, 0.4) is 0 Å². The molecule has 0 aliphatic rings. The smallest absolute Gasteiger partial charge is 0.277 e. The summed E-state index contributed by atoms with van der Waals surface area (Å²) >= 11 is 1.39. The zero-order chi connectivity index (χ0) is 18.6. The number of anilines is 1. The first-order valence-electron chi connectivity index (χ1n) is 7.98. The number of ether oxygens (including phenoxy) is 1. The maximum absolute atomic E-state index is 12.4. The Balaban J connectivity index is 1.47. The van der Waals surface area contributed by atoms with E-state index in [1.807, 2.05) is 36.4 Å². The van der Waals surface area contributed by atoms with Gasteiger partial charge in [-0.2, -0.15) is 4.98 Å². The maximum Gasteiger partial charge on any atom is 0.277 e. The van der Waals surface area contributed by atoms with E-state index in [1.165, 1.54) is 11.3 Å². The van der Waals surface area contributed by atoms with Crippen molar-refractivity contribution in [2.24, 2.45) is 0 Å².